The molecule has 0 aromatic heterocycles. The van der Waals surface area contributed by atoms with E-state index in [2.05, 4.69) is 27.7 Å². The number of likely N-dealkylation sites (tertiary alicyclic amines) is 1. The Morgan fingerprint density at radius 2 is 1.79 bits per heavy atom. The van der Waals surface area contributed by atoms with Gasteiger partial charge in [-0.3, -0.25) is 9.69 Å². The van der Waals surface area contributed by atoms with Crippen molar-refractivity contribution in [2.24, 2.45) is 0 Å². The molecule has 1 unspecified atom stereocenters. The lowest BCUT2D eigenvalue weighted by atomic mass is 9.79. The number of hydrogen-bond acceptors (Lipinski definition) is 3. The standard InChI is InChI=1S/C24H30FN3O/c25-20-10-8-19(9-11-20)24(13-4-5-14-24)18-26-23(29)17-28-15-12-22(16-28)27-21-6-2-1-3-7-21/h1-3,6-11,22,27H,4-5,12-18H2,(H,26,29). The molecule has 2 aromatic rings. The molecule has 154 valence electrons. The molecule has 1 aliphatic heterocycles. The molecule has 2 fully saturated rings. The molecule has 4 nitrogen and oxygen atoms in total. The van der Waals surface area contributed by atoms with Gasteiger partial charge in [0.2, 0.25) is 5.91 Å². The van der Waals surface area contributed by atoms with Crippen molar-refractivity contribution < 1.29 is 9.18 Å². The average Bonchev–Trinajstić information content (AvgIpc) is 3.38. The largest absolute Gasteiger partial charge is 0.381 e. The van der Waals surface area contributed by atoms with Crippen LogP contribution in [0, 0.1) is 5.82 Å². The first kappa shape index (κ1) is 19.9. The van der Waals surface area contributed by atoms with Gasteiger partial charge < -0.3 is 10.6 Å². The van der Waals surface area contributed by atoms with Gasteiger partial charge in [0.05, 0.1) is 6.54 Å². The molecule has 0 bridgehead atoms. The van der Waals surface area contributed by atoms with E-state index in [-0.39, 0.29) is 17.1 Å². The Morgan fingerprint density at radius 3 is 2.52 bits per heavy atom. The zero-order valence-corrected chi connectivity index (χ0v) is 16.9. The van der Waals surface area contributed by atoms with Gasteiger partial charge >= 0.3 is 0 Å². The van der Waals surface area contributed by atoms with Crippen molar-refractivity contribution in [1.82, 2.24) is 10.2 Å². The van der Waals surface area contributed by atoms with Crippen LogP contribution in [0.25, 0.3) is 0 Å². The van der Waals surface area contributed by atoms with Crippen LogP contribution in [0.1, 0.15) is 37.7 Å². The maximum atomic E-state index is 13.3. The first-order chi connectivity index (χ1) is 14.1. The van der Waals surface area contributed by atoms with E-state index in [1.807, 2.05) is 30.3 Å². The zero-order chi connectivity index (χ0) is 20.1. The Hall–Kier alpha value is -2.40. The Bertz CT molecular complexity index is 803. The van der Waals surface area contributed by atoms with Crippen LogP contribution in [0.3, 0.4) is 0 Å². The molecule has 2 aliphatic rings. The van der Waals surface area contributed by atoms with Gasteiger partial charge in [0.15, 0.2) is 0 Å². The minimum atomic E-state index is -0.210. The van der Waals surface area contributed by atoms with E-state index >= 15 is 0 Å². The fourth-order valence-electron chi connectivity index (χ4n) is 4.81. The second kappa shape index (κ2) is 8.95. The van der Waals surface area contributed by atoms with Gasteiger partial charge in [-0.15, -0.1) is 0 Å². The molecule has 2 aromatic carbocycles. The minimum absolute atomic E-state index is 0.0498. The highest BCUT2D eigenvalue weighted by molar-refractivity contribution is 5.78. The van der Waals surface area contributed by atoms with Crippen molar-refractivity contribution in [2.45, 2.75) is 43.6 Å². The molecule has 0 radical (unpaired) electrons. The van der Waals surface area contributed by atoms with E-state index < -0.39 is 0 Å². The Labute approximate surface area is 172 Å². The summed E-state index contributed by atoms with van der Waals surface area (Å²) in [5.41, 5.74) is 2.22. The summed E-state index contributed by atoms with van der Waals surface area (Å²) in [5, 5.41) is 6.72. The molecule has 1 atom stereocenters. The molecule has 5 heteroatoms. The summed E-state index contributed by atoms with van der Waals surface area (Å²) < 4.78 is 13.3. The lowest BCUT2D eigenvalue weighted by Gasteiger charge is -2.30. The molecule has 4 rings (SSSR count). The van der Waals surface area contributed by atoms with Crippen LogP contribution in [-0.4, -0.2) is 43.0 Å². The van der Waals surface area contributed by atoms with E-state index in [4.69, 9.17) is 0 Å². The molecule has 0 spiro atoms. The Balaban J connectivity index is 1.28. The Morgan fingerprint density at radius 1 is 1.07 bits per heavy atom. The fraction of sp³-hybridized carbons (Fsp3) is 0.458. The van der Waals surface area contributed by atoms with Crippen LogP contribution >= 0.6 is 0 Å². The number of rotatable bonds is 7. The molecule has 2 N–H and O–H groups in total. The molecule has 1 saturated heterocycles. The first-order valence-corrected chi connectivity index (χ1v) is 10.7. The van der Waals surface area contributed by atoms with Crippen molar-refractivity contribution in [2.75, 3.05) is 31.5 Å². The molecule has 1 heterocycles. The summed E-state index contributed by atoms with van der Waals surface area (Å²) in [4.78, 5) is 14.8. The SMILES string of the molecule is O=C(CN1CCC(Nc2ccccc2)C1)NCC1(c2ccc(F)cc2)CCCC1. The van der Waals surface area contributed by atoms with E-state index in [0.29, 0.717) is 19.1 Å². The number of anilines is 1. The third-order valence-electron chi connectivity index (χ3n) is 6.43. The average molecular weight is 396 g/mol. The highest BCUT2D eigenvalue weighted by Gasteiger charge is 2.36. The van der Waals surface area contributed by atoms with Gasteiger partial charge in [-0.1, -0.05) is 43.2 Å². The topological polar surface area (TPSA) is 44.4 Å². The molecule has 29 heavy (non-hydrogen) atoms. The number of hydrogen-bond donors (Lipinski definition) is 2. The van der Waals surface area contributed by atoms with Crippen LogP contribution < -0.4 is 10.6 Å². The normalized spacial score (nSPS) is 21.2. The van der Waals surface area contributed by atoms with Crippen LogP contribution in [0.15, 0.2) is 54.6 Å². The third kappa shape index (κ3) is 4.96. The number of halogens is 1. The lowest BCUT2D eigenvalue weighted by molar-refractivity contribution is -0.122. The highest BCUT2D eigenvalue weighted by atomic mass is 19.1. The smallest absolute Gasteiger partial charge is 0.234 e. The predicted molar refractivity (Wildman–Crippen MR) is 114 cm³/mol. The van der Waals surface area contributed by atoms with Gasteiger partial charge in [-0.25, -0.2) is 4.39 Å². The zero-order valence-electron chi connectivity index (χ0n) is 16.9. The van der Waals surface area contributed by atoms with Gasteiger partial charge in [0.1, 0.15) is 5.82 Å². The number of amides is 1. The van der Waals surface area contributed by atoms with Gasteiger partial charge in [-0.05, 0) is 49.1 Å². The first-order valence-electron chi connectivity index (χ1n) is 10.7. The number of nitrogens with one attached hydrogen (secondary N) is 2. The van der Waals surface area contributed by atoms with Crippen LogP contribution in [0.2, 0.25) is 0 Å². The number of nitrogens with zero attached hydrogens (tertiary/aromatic N) is 1. The summed E-state index contributed by atoms with van der Waals surface area (Å²) in [7, 11) is 0. The summed E-state index contributed by atoms with van der Waals surface area (Å²) in [5.74, 6) is -0.127. The van der Waals surface area contributed by atoms with Gasteiger partial charge in [0, 0.05) is 36.8 Å². The second-order valence-electron chi connectivity index (χ2n) is 8.50. The quantitative estimate of drug-likeness (QED) is 0.746. The maximum Gasteiger partial charge on any atom is 0.234 e. The van der Waals surface area contributed by atoms with Crippen LogP contribution in [0.5, 0.6) is 0 Å². The van der Waals surface area contributed by atoms with Crippen LogP contribution in [0.4, 0.5) is 10.1 Å². The number of carbonyl (C=O) groups is 1. The lowest BCUT2D eigenvalue weighted by Crippen LogP contribution is -2.43. The highest BCUT2D eigenvalue weighted by Crippen LogP contribution is 2.40. The second-order valence-corrected chi connectivity index (χ2v) is 8.50. The van der Waals surface area contributed by atoms with Crippen molar-refractivity contribution in [3.63, 3.8) is 0 Å². The van der Waals surface area contributed by atoms with Crippen molar-refractivity contribution >= 4 is 11.6 Å². The summed E-state index contributed by atoms with van der Waals surface area (Å²) in [6, 6.07) is 17.4. The third-order valence-corrected chi connectivity index (χ3v) is 6.43. The van der Waals surface area contributed by atoms with E-state index in [1.165, 1.54) is 12.1 Å². The summed E-state index contributed by atoms with van der Waals surface area (Å²) >= 11 is 0. The Kier molecular flexibility index (Phi) is 6.14. The summed E-state index contributed by atoms with van der Waals surface area (Å²) in [6.07, 6.45) is 5.46. The van der Waals surface area contributed by atoms with Crippen LogP contribution in [-0.2, 0) is 10.2 Å². The molecular formula is C24H30FN3O. The van der Waals surface area contributed by atoms with E-state index in [0.717, 1.165) is 56.4 Å². The minimum Gasteiger partial charge on any atom is -0.381 e. The van der Waals surface area contributed by atoms with E-state index in [9.17, 15) is 9.18 Å². The van der Waals surface area contributed by atoms with Gasteiger partial charge in [0.25, 0.3) is 0 Å². The number of para-hydroxylation sites is 1. The monoisotopic (exact) mass is 395 g/mol. The van der Waals surface area contributed by atoms with Crippen molar-refractivity contribution in [3.05, 3.63) is 66.0 Å². The van der Waals surface area contributed by atoms with Crippen molar-refractivity contribution in [3.8, 4) is 0 Å². The van der Waals surface area contributed by atoms with Crippen molar-refractivity contribution in [1.29, 1.82) is 0 Å². The molecule has 1 aliphatic carbocycles. The number of benzene rings is 2. The number of carbonyl (C=O) groups excluding carboxylic acids is 1. The molecular weight excluding hydrogens is 365 g/mol. The molecule has 1 amide bonds. The van der Waals surface area contributed by atoms with Gasteiger partial charge in [-0.2, -0.15) is 0 Å². The maximum absolute atomic E-state index is 13.3. The summed E-state index contributed by atoms with van der Waals surface area (Å²) in [6.45, 7) is 2.88. The fourth-order valence-corrected chi connectivity index (χ4v) is 4.81. The van der Waals surface area contributed by atoms with E-state index in [1.54, 1.807) is 0 Å². The molecule has 1 saturated carbocycles. The predicted octanol–water partition coefficient (Wildman–Crippen LogP) is 3.94.